The molecule has 7 nitrogen and oxygen atoms in total. The maximum atomic E-state index is 10.8. The van der Waals surface area contributed by atoms with Crippen LogP contribution in [0.5, 0.6) is 11.7 Å². The number of carbonyl (C=O) groups excluding carboxylic acids is 1. The molecule has 1 aromatic carbocycles. The average Bonchev–Trinajstić information content (AvgIpc) is 3.00. The number of nitrogens with two attached hydrogens (primary N) is 1. The maximum Gasteiger partial charge on any atom is 0.339 e. The van der Waals surface area contributed by atoms with Gasteiger partial charge in [-0.05, 0) is 43.3 Å². The van der Waals surface area contributed by atoms with Gasteiger partial charge in [0.05, 0.1) is 17.7 Å². The minimum absolute atomic E-state index is 0.276. The van der Waals surface area contributed by atoms with Crippen LogP contribution in [-0.2, 0) is 0 Å². The molecule has 0 radical (unpaired) electrons. The van der Waals surface area contributed by atoms with Gasteiger partial charge in [0, 0.05) is 6.07 Å². The molecule has 7 heteroatoms. The number of furan rings is 1. The maximum absolute atomic E-state index is 10.8. The zero-order valence-corrected chi connectivity index (χ0v) is 12.3. The molecule has 0 bridgehead atoms. The summed E-state index contributed by atoms with van der Waals surface area (Å²) in [7, 11) is 0. The third-order valence-electron chi connectivity index (χ3n) is 2.95. The molecule has 0 aliphatic rings. The Balaban J connectivity index is 2.00. The van der Waals surface area contributed by atoms with E-state index in [0.717, 1.165) is 0 Å². The monoisotopic (exact) mass is 313 g/mol. The van der Waals surface area contributed by atoms with Crippen LogP contribution in [0.2, 0.25) is 0 Å². The minimum atomic E-state index is -0.938. The highest BCUT2D eigenvalue weighted by Gasteiger charge is 2.11. The minimum Gasteiger partial charge on any atom is -0.426 e. The number of ether oxygens (including phenoxy) is 1. The van der Waals surface area contributed by atoms with Crippen molar-refractivity contribution in [3.63, 3.8) is 0 Å². The Kier molecular flexibility index (Phi) is 5.02. The van der Waals surface area contributed by atoms with E-state index in [-0.39, 0.29) is 5.95 Å². The van der Waals surface area contributed by atoms with E-state index in [1.165, 1.54) is 0 Å². The molecule has 0 aliphatic heterocycles. The Hall–Kier alpha value is -3.24. The van der Waals surface area contributed by atoms with Gasteiger partial charge in [-0.3, -0.25) is 5.21 Å². The molecule has 0 saturated heterocycles. The number of amides is 2. The number of hydroxylamine groups is 2. The zero-order valence-electron chi connectivity index (χ0n) is 12.3. The Morgan fingerprint density at radius 3 is 2.70 bits per heavy atom. The van der Waals surface area contributed by atoms with Crippen molar-refractivity contribution in [3.8, 4) is 17.8 Å². The molecule has 1 unspecified atom stereocenters. The average molecular weight is 313 g/mol. The van der Waals surface area contributed by atoms with Gasteiger partial charge in [-0.1, -0.05) is 6.08 Å². The molecule has 2 aromatic rings. The molecule has 2 amide bonds. The molecule has 118 valence electrons. The van der Waals surface area contributed by atoms with Crippen LogP contribution in [0, 0.1) is 11.3 Å². The first-order chi connectivity index (χ1) is 11.0. The highest BCUT2D eigenvalue weighted by atomic mass is 16.6. The van der Waals surface area contributed by atoms with Crippen LogP contribution in [0.1, 0.15) is 18.2 Å². The molecule has 23 heavy (non-hydrogen) atoms. The summed E-state index contributed by atoms with van der Waals surface area (Å²) in [6.07, 6.45) is 3.14. The summed E-state index contributed by atoms with van der Waals surface area (Å²) >= 11 is 0. The molecule has 3 N–H and O–H groups in total. The Morgan fingerprint density at radius 2 is 2.09 bits per heavy atom. The predicted octanol–water partition coefficient (Wildman–Crippen LogP) is 3.12. The molecular formula is C16H15N3O4. The van der Waals surface area contributed by atoms with Crippen molar-refractivity contribution in [1.29, 1.82) is 5.26 Å². The lowest BCUT2D eigenvalue weighted by Crippen LogP contribution is -2.38. The van der Waals surface area contributed by atoms with Crippen molar-refractivity contribution >= 4 is 12.1 Å². The van der Waals surface area contributed by atoms with Crippen LogP contribution in [0.3, 0.4) is 0 Å². The van der Waals surface area contributed by atoms with Crippen molar-refractivity contribution in [2.45, 2.75) is 13.0 Å². The van der Waals surface area contributed by atoms with Crippen molar-refractivity contribution in [3.05, 3.63) is 53.8 Å². The lowest BCUT2D eigenvalue weighted by atomic mass is 10.2. The van der Waals surface area contributed by atoms with E-state index >= 15 is 0 Å². The van der Waals surface area contributed by atoms with Gasteiger partial charge in [0.25, 0.3) is 5.95 Å². The fourth-order valence-corrected chi connectivity index (χ4v) is 1.71. The van der Waals surface area contributed by atoms with Crippen LogP contribution in [0.15, 0.2) is 46.9 Å². The second-order valence-electron chi connectivity index (χ2n) is 4.68. The molecule has 0 fully saturated rings. The number of primary amides is 1. The Bertz CT molecular complexity index is 743. The van der Waals surface area contributed by atoms with Gasteiger partial charge in [-0.2, -0.15) is 10.3 Å². The molecule has 2 rings (SSSR count). The number of benzene rings is 1. The molecule has 1 heterocycles. The number of rotatable bonds is 5. The third-order valence-corrected chi connectivity index (χ3v) is 2.95. The van der Waals surface area contributed by atoms with E-state index in [1.807, 2.05) is 6.07 Å². The standard InChI is InChI=1S/C16H15N3O4/c1-11(19(21)16(18)20)2-5-13-8-9-15(22-13)23-14-6-3-12(10-17)4-7-14/h2-9,11,21H,1H3,(H2,18,20). The van der Waals surface area contributed by atoms with Crippen molar-refractivity contribution in [2.24, 2.45) is 5.73 Å². The Labute approximate surface area is 132 Å². The van der Waals surface area contributed by atoms with Gasteiger partial charge in [-0.25, -0.2) is 4.79 Å². The number of nitriles is 1. The van der Waals surface area contributed by atoms with E-state index < -0.39 is 12.1 Å². The molecule has 0 aliphatic carbocycles. The summed E-state index contributed by atoms with van der Waals surface area (Å²) < 4.78 is 11.0. The largest absolute Gasteiger partial charge is 0.426 e. The molecular weight excluding hydrogens is 298 g/mol. The van der Waals surface area contributed by atoms with Crippen molar-refractivity contribution in [2.75, 3.05) is 0 Å². The van der Waals surface area contributed by atoms with Crippen molar-refractivity contribution < 1.29 is 19.2 Å². The summed E-state index contributed by atoms with van der Waals surface area (Å²) in [5.41, 5.74) is 5.50. The third kappa shape index (κ3) is 4.36. The molecule has 1 aromatic heterocycles. The topological polar surface area (TPSA) is 113 Å². The fraction of sp³-hybridized carbons (Fsp3) is 0.125. The smallest absolute Gasteiger partial charge is 0.339 e. The summed E-state index contributed by atoms with van der Waals surface area (Å²) in [5, 5.41) is 18.5. The number of hydrogen-bond donors (Lipinski definition) is 2. The highest BCUT2D eigenvalue weighted by molar-refractivity contribution is 5.71. The highest BCUT2D eigenvalue weighted by Crippen LogP contribution is 2.24. The van der Waals surface area contributed by atoms with E-state index in [4.69, 9.17) is 20.1 Å². The van der Waals surface area contributed by atoms with Gasteiger partial charge >= 0.3 is 6.03 Å². The summed E-state index contributed by atoms with van der Waals surface area (Å²) in [6.45, 7) is 1.60. The fourth-order valence-electron chi connectivity index (χ4n) is 1.71. The van der Waals surface area contributed by atoms with E-state index in [0.29, 0.717) is 22.1 Å². The second-order valence-corrected chi connectivity index (χ2v) is 4.68. The van der Waals surface area contributed by atoms with Crippen LogP contribution >= 0.6 is 0 Å². The van der Waals surface area contributed by atoms with Gasteiger partial charge in [-0.15, -0.1) is 0 Å². The summed E-state index contributed by atoms with van der Waals surface area (Å²) in [5.74, 6) is 1.30. The first kappa shape index (κ1) is 16.1. The van der Waals surface area contributed by atoms with Crippen LogP contribution in [0.25, 0.3) is 6.08 Å². The first-order valence-electron chi connectivity index (χ1n) is 6.73. The van der Waals surface area contributed by atoms with Gasteiger partial charge in [0.15, 0.2) is 0 Å². The van der Waals surface area contributed by atoms with Crippen molar-refractivity contribution in [1.82, 2.24) is 5.06 Å². The van der Waals surface area contributed by atoms with Crippen LogP contribution in [-0.4, -0.2) is 22.3 Å². The summed E-state index contributed by atoms with van der Waals surface area (Å²) in [4.78, 5) is 10.8. The van der Waals surface area contributed by atoms with Gasteiger partial charge in [0.2, 0.25) is 0 Å². The normalized spacial score (nSPS) is 11.9. The van der Waals surface area contributed by atoms with Gasteiger partial charge in [0.1, 0.15) is 11.5 Å². The molecule has 1 atom stereocenters. The Morgan fingerprint density at radius 1 is 1.39 bits per heavy atom. The first-order valence-corrected chi connectivity index (χ1v) is 6.73. The van der Waals surface area contributed by atoms with Crippen LogP contribution in [0.4, 0.5) is 4.79 Å². The number of nitrogens with zero attached hydrogens (tertiary/aromatic N) is 2. The second kappa shape index (κ2) is 7.15. The SMILES string of the molecule is CC(C=Cc1ccc(Oc2ccc(C#N)cc2)o1)N(O)C(N)=O. The summed E-state index contributed by atoms with van der Waals surface area (Å²) in [6, 6.07) is 10.4. The van der Waals surface area contributed by atoms with E-state index in [1.54, 1.807) is 55.5 Å². The number of urea groups is 1. The number of carbonyl (C=O) groups is 1. The quantitative estimate of drug-likeness (QED) is 0.650. The zero-order chi connectivity index (χ0) is 16.8. The number of hydrogen-bond acceptors (Lipinski definition) is 5. The lowest BCUT2D eigenvalue weighted by Gasteiger charge is -2.16. The lowest BCUT2D eigenvalue weighted by molar-refractivity contribution is -0.0560. The van der Waals surface area contributed by atoms with Crippen LogP contribution < -0.4 is 10.5 Å². The molecule has 0 saturated carbocycles. The predicted molar refractivity (Wildman–Crippen MR) is 81.6 cm³/mol. The van der Waals surface area contributed by atoms with E-state index in [9.17, 15) is 10.0 Å². The van der Waals surface area contributed by atoms with Gasteiger partial charge < -0.3 is 14.9 Å². The van der Waals surface area contributed by atoms with E-state index in [2.05, 4.69) is 0 Å². The molecule has 0 spiro atoms.